The maximum atomic E-state index is 12.8. The minimum absolute atomic E-state index is 0.0657. The summed E-state index contributed by atoms with van der Waals surface area (Å²) in [6.45, 7) is 7.76. The topological polar surface area (TPSA) is 72.8 Å². The van der Waals surface area contributed by atoms with Crippen LogP contribution in [0.1, 0.15) is 59.8 Å². The number of ketones is 1. The van der Waals surface area contributed by atoms with Gasteiger partial charge in [0.2, 0.25) is 0 Å². The van der Waals surface area contributed by atoms with Crippen LogP contribution in [0.4, 0.5) is 0 Å². The van der Waals surface area contributed by atoms with Crippen molar-refractivity contribution >= 4 is 11.8 Å². The molecule has 1 N–H and O–H groups in total. The average molecular weight is 376 g/mol. The summed E-state index contributed by atoms with van der Waals surface area (Å²) < 4.78 is 10.5. The summed E-state index contributed by atoms with van der Waals surface area (Å²) >= 11 is 0. The second-order valence-electron chi connectivity index (χ2n) is 7.80. The molecule has 0 fully saturated rings. The molecule has 0 aromatic carbocycles. The van der Waals surface area contributed by atoms with Crippen LogP contribution in [-0.2, 0) is 19.1 Å². The highest BCUT2D eigenvalue weighted by molar-refractivity contribution is 6.01. The van der Waals surface area contributed by atoms with Crippen molar-refractivity contribution in [1.82, 2.24) is 0 Å². The van der Waals surface area contributed by atoms with Gasteiger partial charge in [-0.25, -0.2) is 4.79 Å². The van der Waals surface area contributed by atoms with Crippen LogP contribution in [0.5, 0.6) is 0 Å². The zero-order valence-electron chi connectivity index (χ0n) is 17.1. The average Bonchev–Trinajstić information content (AvgIpc) is 2.84. The Kier molecular flexibility index (Phi) is 7.04. The number of esters is 1. The monoisotopic (exact) mass is 376 g/mol. The first-order valence-electron chi connectivity index (χ1n) is 9.86. The van der Waals surface area contributed by atoms with Gasteiger partial charge in [-0.2, -0.15) is 0 Å². The van der Waals surface area contributed by atoms with Gasteiger partial charge >= 0.3 is 5.97 Å². The van der Waals surface area contributed by atoms with Crippen LogP contribution < -0.4 is 0 Å². The lowest BCUT2D eigenvalue weighted by Crippen LogP contribution is -2.37. The Morgan fingerprint density at radius 2 is 2.11 bits per heavy atom. The standard InChI is InChI=1S/C22H32O5/c1-6-7-8-9-10-14(2)19(23)12-17-20(21(24)26-5)16-11-15(3)27-13-18(16)22(17,4)25/h11-12,14,18,25H,6-10,13H2,1-5H3. The third-order valence-corrected chi connectivity index (χ3v) is 5.65. The highest BCUT2D eigenvalue weighted by Crippen LogP contribution is 2.47. The zero-order chi connectivity index (χ0) is 20.2. The van der Waals surface area contributed by atoms with E-state index in [1.807, 2.05) is 6.92 Å². The van der Waals surface area contributed by atoms with E-state index in [4.69, 9.17) is 9.47 Å². The number of carbonyl (C=O) groups is 2. The molecule has 1 heterocycles. The van der Waals surface area contributed by atoms with Crippen LogP contribution in [-0.4, -0.2) is 36.2 Å². The molecule has 0 saturated carbocycles. The molecule has 5 heteroatoms. The van der Waals surface area contributed by atoms with Crippen molar-refractivity contribution in [2.75, 3.05) is 13.7 Å². The van der Waals surface area contributed by atoms with Crippen molar-refractivity contribution in [1.29, 1.82) is 0 Å². The Balaban J connectivity index is 2.33. The molecule has 5 nitrogen and oxygen atoms in total. The van der Waals surface area contributed by atoms with E-state index in [9.17, 15) is 14.7 Å². The van der Waals surface area contributed by atoms with Crippen molar-refractivity contribution in [2.24, 2.45) is 11.8 Å². The van der Waals surface area contributed by atoms with Gasteiger partial charge in [-0.3, -0.25) is 4.79 Å². The molecule has 27 heavy (non-hydrogen) atoms. The Hall–Kier alpha value is -1.88. The van der Waals surface area contributed by atoms with E-state index in [0.717, 1.165) is 25.7 Å². The van der Waals surface area contributed by atoms with Gasteiger partial charge in [0.15, 0.2) is 5.78 Å². The van der Waals surface area contributed by atoms with Crippen LogP contribution >= 0.6 is 0 Å². The zero-order valence-corrected chi connectivity index (χ0v) is 17.1. The van der Waals surface area contributed by atoms with Gasteiger partial charge in [0.05, 0.1) is 36.6 Å². The molecule has 0 amide bonds. The van der Waals surface area contributed by atoms with E-state index in [1.165, 1.54) is 19.6 Å². The number of fused-ring (bicyclic) bond motifs is 1. The van der Waals surface area contributed by atoms with E-state index in [1.54, 1.807) is 19.9 Å². The summed E-state index contributed by atoms with van der Waals surface area (Å²) in [5, 5.41) is 11.1. The van der Waals surface area contributed by atoms with Gasteiger partial charge in [0, 0.05) is 11.5 Å². The number of ether oxygens (including phenoxy) is 2. The molecular weight excluding hydrogens is 344 g/mol. The summed E-state index contributed by atoms with van der Waals surface area (Å²) in [7, 11) is 1.31. The molecule has 0 bridgehead atoms. The fourth-order valence-electron chi connectivity index (χ4n) is 3.83. The summed E-state index contributed by atoms with van der Waals surface area (Å²) in [4.78, 5) is 25.2. The van der Waals surface area contributed by atoms with E-state index >= 15 is 0 Å². The Morgan fingerprint density at radius 1 is 1.41 bits per heavy atom. The largest absolute Gasteiger partial charge is 0.497 e. The number of methoxy groups -OCH3 is 1. The quantitative estimate of drug-likeness (QED) is 0.395. The fourth-order valence-corrected chi connectivity index (χ4v) is 3.83. The molecule has 1 aliphatic heterocycles. The second-order valence-corrected chi connectivity index (χ2v) is 7.80. The molecular formula is C22H32O5. The molecule has 0 spiro atoms. The number of hydrogen-bond acceptors (Lipinski definition) is 5. The van der Waals surface area contributed by atoms with E-state index in [2.05, 4.69) is 6.92 Å². The van der Waals surface area contributed by atoms with Crippen LogP contribution in [0.3, 0.4) is 0 Å². The highest BCUT2D eigenvalue weighted by Gasteiger charge is 2.50. The third-order valence-electron chi connectivity index (χ3n) is 5.65. The van der Waals surface area contributed by atoms with Gasteiger partial charge in [-0.15, -0.1) is 0 Å². The van der Waals surface area contributed by atoms with Crippen molar-refractivity contribution in [3.8, 4) is 0 Å². The lowest BCUT2D eigenvalue weighted by atomic mass is 9.84. The maximum absolute atomic E-state index is 12.8. The number of unbranched alkanes of at least 4 members (excludes halogenated alkanes) is 3. The molecule has 1 aliphatic carbocycles. The molecule has 0 radical (unpaired) electrons. The molecule has 0 saturated heterocycles. The predicted octanol–water partition coefficient (Wildman–Crippen LogP) is 3.87. The van der Waals surface area contributed by atoms with Crippen LogP contribution in [0.2, 0.25) is 0 Å². The first kappa shape index (κ1) is 21.4. The number of carbonyl (C=O) groups excluding carboxylic acids is 2. The van der Waals surface area contributed by atoms with Gasteiger partial charge in [0.25, 0.3) is 0 Å². The second kappa shape index (κ2) is 8.87. The van der Waals surface area contributed by atoms with E-state index < -0.39 is 17.5 Å². The predicted molar refractivity (Wildman–Crippen MR) is 104 cm³/mol. The van der Waals surface area contributed by atoms with Crippen molar-refractivity contribution in [3.05, 3.63) is 34.6 Å². The Morgan fingerprint density at radius 3 is 2.74 bits per heavy atom. The summed E-state index contributed by atoms with van der Waals surface area (Å²) in [5.41, 5.74) is -0.0329. The Labute approximate surface area is 162 Å². The summed E-state index contributed by atoms with van der Waals surface area (Å²) in [5.74, 6) is -0.466. The molecule has 0 aromatic heterocycles. The van der Waals surface area contributed by atoms with Crippen molar-refractivity contribution in [3.63, 3.8) is 0 Å². The number of hydrogen-bond donors (Lipinski definition) is 1. The van der Waals surface area contributed by atoms with Crippen LogP contribution in [0, 0.1) is 11.8 Å². The van der Waals surface area contributed by atoms with E-state index in [0.29, 0.717) is 22.5 Å². The lowest BCUT2D eigenvalue weighted by molar-refractivity contribution is -0.135. The number of allylic oxidation sites excluding steroid dienone is 3. The minimum atomic E-state index is -1.35. The number of rotatable bonds is 8. The Bertz CT molecular complexity index is 681. The molecule has 2 aliphatic rings. The number of aliphatic hydroxyl groups is 1. The van der Waals surface area contributed by atoms with Crippen molar-refractivity contribution in [2.45, 2.75) is 65.4 Å². The summed E-state index contributed by atoms with van der Waals surface area (Å²) in [6, 6.07) is 0. The third kappa shape index (κ3) is 4.52. The van der Waals surface area contributed by atoms with Crippen LogP contribution in [0.15, 0.2) is 34.6 Å². The van der Waals surface area contributed by atoms with Gasteiger partial charge < -0.3 is 14.6 Å². The molecule has 3 atom stereocenters. The van der Waals surface area contributed by atoms with Crippen molar-refractivity contribution < 1.29 is 24.2 Å². The van der Waals surface area contributed by atoms with E-state index in [-0.39, 0.29) is 18.3 Å². The first-order chi connectivity index (χ1) is 12.7. The van der Waals surface area contributed by atoms with Gasteiger partial charge in [-0.1, -0.05) is 39.5 Å². The molecule has 150 valence electrons. The fraction of sp³-hybridized carbons (Fsp3) is 0.636. The lowest BCUT2D eigenvalue weighted by Gasteiger charge is -2.31. The highest BCUT2D eigenvalue weighted by atomic mass is 16.5. The molecule has 0 aromatic rings. The summed E-state index contributed by atoms with van der Waals surface area (Å²) in [6.07, 6.45) is 8.46. The molecule has 2 rings (SSSR count). The normalized spacial score (nSPS) is 27.1. The van der Waals surface area contributed by atoms with Crippen LogP contribution in [0.25, 0.3) is 0 Å². The maximum Gasteiger partial charge on any atom is 0.338 e. The van der Waals surface area contributed by atoms with Gasteiger partial charge in [0.1, 0.15) is 0 Å². The molecule has 3 unspecified atom stereocenters. The first-order valence-corrected chi connectivity index (χ1v) is 9.86. The SMILES string of the molecule is CCCCCCC(C)C(=O)C=C1C(C(=O)OC)=C2C=C(C)OCC2C1(C)O. The smallest absolute Gasteiger partial charge is 0.338 e. The minimum Gasteiger partial charge on any atom is -0.497 e. The van der Waals surface area contributed by atoms with Gasteiger partial charge in [-0.05, 0) is 38.0 Å².